The third-order valence-corrected chi connectivity index (χ3v) is 4.37. The van der Waals surface area contributed by atoms with E-state index in [0.29, 0.717) is 6.42 Å². The first-order chi connectivity index (χ1) is 12.8. The molecule has 0 fully saturated rings. The molecule has 5 heteroatoms. The summed E-state index contributed by atoms with van der Waals surface area (Å²) in [6.07, 6.45) is 3.79. The zero-order chi connectivity index (χ0) is 17.8. The summed E-state index contributed by atoms with van der Waals surface area (Å²) in [4.78, 5) is 12.7. The number of hydrogen-bond acceptors (Lipinski definition) is 3. The molecule has 0 unspecified atom stereocenters. The van der Waals surface area contributed by atoms with E-state index in [1.54, 1.807) is 10.7 Å². The molecule has 26 heavy (non-hydrogen) atoms. The summed E-state index contributed by atoms with van der Waals surface area (Å²) in [7, 11) is 0. The first-order valence-electron chi connectivity index (χ1n) is 8.49. The number of carbonyl (C=O) groups excluding carboxylic acids is 1. The number of nitrogens with one attached hydrogen (secondary N) is 1. The fraction of sp³-hybridized carbons (Fsp3) is 0.0952. The second-order valence-electron chi connectivity index (χ2n) is 6.14. The van der Waals surface area contributed by atoms with E-state index in [9.17, 15) is 4.79 Å². The molecule has 128 valence electrons. The quantitative estimate of drug-likeness (QED) is 0.598. The first kappa shape index (κ1) is 16.0. The third-order valence-electron chi connectivity index (χ3n) is 4.37. The number of rotatable bonds is 5. The zero-order valence-corrected chi connectivity index (χ0v) is 14.1. The number of anilines is 1. The standard InChI is InChI=1S/C21H18N4O/c26-21(23-18-11-12-20-24-22-15-25(20)14-18)13-19(16-7-3-1-4-8-16)17-9-5-2-6-10-17/h1-12,14-15,19H,13H2,(H,23,26). The summed E-state index contributed by atoms with van der Waals surface area (Å²) in [5.41, 5.74) is 3.72. The highest BCUT2D eigenvalue weighted by molar-refractivity contribution is 5.91. The number of aromatic nitrogens is 3. The maximum Gasteiger partial charge on any atom is 0.225 e. The molecule has 0 atom stereocenters. The van der Waals surface area contributed by atoms with Crippen LogP contribution in [0.1, 0.15) is 23.5 Å². The van der Waals surface area contributed by atoms with Gasteiger partial charge < -0.3 is 5.32 Å². The summed E-state index contributed by atoms with van der Waals surface area (Å²) in [6, 6.07) is 23.9. The van der Waals surface area contributed by atoms with E-state index in [-0.39, 0.29) is 11.8 Å². The maximum absolute atomic E-state index is 12.7. The van der Waals surface area contributed by atoms with Crippen molar-refractivity contribution < 1.29 is 4.79 Å². The Labute approximate surface area is 151 Å². The topological polar surface area (TPSA) is 59.3 Å². The van der Waals surface area contributed by atoms with E-state index in [4.69, 9.17) is 0 Å². The summed E-state index contributed by atoms with van der Waals surface area (Å²) in [5.74, 6) is -0.0221. The molecule has 2 aromatic heterocycles. The van der Waals surface area contributed by atoms with Gasteiger partial charge in [-0.05, 0) is 23.3 Å². The predicted octanol–water partition coefficient (Wildman–Crippen LogP) is 3.89. The second kappa shape index (κ2) is 7.19. The average molecular weight is 342 g/mol. The van der Waals surface area contributed by atoms with Gasteiger partial charge in [0.25, 0.3) is 0 Å². The van der Waals surface area contributed by atoms with Crippen molar-refractivity contribution in [1.29, 1.82) is 0 Å². The summed E-state index contributed by atoms with van der Waals surface area (Å²) in [5, 5.41) is 10.8. The van der Waals surface area contributed by atoms with E-state index in [2.05, 4.69) is 39.8 Å². The molecule has 2 heterocycles. The monoisotopic (exact) mass is 342 g/mol. The lowest BCUT2D eigenvalue weighted by molar-refractivity contribution is -0.116. The number of nitrogens with zero attached hydrogens (tertiary/aromatic N) is 3. The Morgan fingerprint density at radius 3 is 2.23 bits per heavy atom. The van der Waals surface area contributed by atoms with Crippen molar-refractivity contribution in [1.82, 2.24) is 14.6 Å². The second-order valence-corrected chi connectivity index (χ2v) is 6.14. The minimum absolute atomic E-state index is 0.0102. The van der Waals surface area contributed by atoms with Crippen molar-refractivity contribution in [2.75, 3.05) is 5.32 Å². The van der Waals surface area contributed by atoms with Crippen molar-refractivity contribution in [2.45, 2.75) is 12.3 Å². The van der Waals surface area contributed by atoms with E-state index >= 15 is 0 Å². The van der Waals surface area contributed by atoms with Crippen LogP contribution in [0.25, 0.3) is 5.65 Å². The first-order valence-corrected chi connectivity index (χ1v) is 8.49. The van der Waals surface area contributed by atoms with Gasteiger partial charge in [0.05, 0.1) is 5.69 Å². The molecule has 5 nitrogen and oxygen atoms in total. The lowest BCUT2D eigenvalue weighted by Gasteiger charge is -2.18. The molecule has 0 saturated carbocycles. The van der Waals surface area contributed by atoms with Gasteiger partial charge in [-0.1, -0.05) is 60.7 Å². The van der Waals surface area contributed by atoms with Crippen LogP contribution in [0.5, 0.6) is 0 Å². The molecule has 0 spiro atoms. The van der Waals surface area contributed by atoms with Crippen molar-refractivity contribution in [2.24, 2.45) is 0 Å². The summed E-state index contributed by atoms with van der Waals surface area (Å²) < 4.78 is 1.78. The maximum atomic E-state index is 12.7. The van der Waals surface area contributed by atoms with Crippen LogP contribution >= 0.6 is 0 Å². The molecule has 2 aromatic carbocycles. The van der Waals surface area contributed by atoms with Gasteiger partial charge >= 0.3 is 0 Å². The highest BCUT2D eigenvalue weighted by Crippen LogP contribution is 2.28. The molecule has 1 N–H and O–H groups in total. The molecular weight excluding hydrogens is 324 g/mol. The minimum atomic E-state index is -0.0323. The summed E-state index contributed by atoms with van der Waals surface area (Å²) in [6.45, 7) is 0. The van der Waals surface area contributed by atoms with Gasteiger partial charge in [-0.15, -0.1) is 10.2 Å². The number of pyridine rings is 1. The lowest BCUT2D eigenvalue weighted by Crippen LogP contribution is -2.16. The van der Waals surface area contributed by atoms with Crippen LogP contribution in [0.2, 0.25) is 0 Å². The molecule has 0 aliphatic heterocycles. The summed E-state index contributed by atoms with van der Waals surface area (Å²) >= 11 is 0. The lowest BCUT2D eigenvalue weighted by atomic mass is 9.88. The van der Waals surface area contributed by atoms with Gasteiger partial charge in [0.15, 0.2) is 5.65 Å². The Morgan fingerprint density at radius 1 is 0.923 bits per heavy atom. The Kier molecular flexibility index (Phi) is 4.43. The number of amides is 1. The molecule has 0 radical (unpaired) electrons. The van der Waals surface area contributed by atoms with Gasteiger partial charge in [0.1, 0.15) is 6.33 Å². The highest BCUT2D eigenvalue weighted by atomic mass is 16.1. The Bertz CT molecular complexity index is 972. The fourth-order valence-corrected chi connectivity index (χ4v) is 3.10. The van der Waals surface area contributed by atoms with Crippen molar-refractivity contribution in [3.8, 4) is 0 Å². The van der Waals surface area contributed by atoms with E-state index in [1.165, 1.54) is 0 Å². The number of hydrogen-bond donors (Lipinski definition) is 1. The Hall–Kier alpha value is -3.47. The van der Waals surface area contributed by atoms with Crippen molar-refractivity contribution >= 4 is 17.2 Å². The molecule has 0 aliphatic carbocycles. The van der Waals surface area contributed by atoms with Gasteiger partial charge in [0.2, 0.25) is 5.91 Å². The van der Waals surface area contributed by atoms with Crippen LogP contribution in [-0.4, -0.2) is 20.5 Å². The largest absolute Gasteiger partial charge is 0.325 e. The third kappa shape index (κ3) is 3.47. The minimum Gasteiger partial charge on any atom is -0.325 e. The van der Waals surface area contributed by atoms with Gasteiger partial charge in [-0.2, -0.15) is 0 Å². The fourth-order valence-electron chi connectivity index (χ4n) is 3.10. The average Bonchev–Trinajstić information content (AvgIpc) is 3.15. The number of benzene rings is 2. The molecule has 1 amide bonds. The SMILES string of the molecule is O=C(CC(c1ccccc1)c1ccccc1)Nc1ccc2nncn2c1. The van der Waals surface area contributed by atoms with Crippen LogP contribution in [0, 0.1) is 0 Å². The van der Waals surface area contributed by atoms with Crippen molar-refractivity contribution in [3.63, 3.8) is 0 Å². The highest BCUT2D eigenvalue weighted by Gasteiger charge is 2.18. The molecule has 0 aliphatic rings. The Morgan fingerprint density at radius 2 is 1.58 bits per heavy atom. The zero-order valence-electron chi connectivity index (χ0n) is 14.1. The molecule has 4 rings (SSSR count). The van der Waals surface area contributed by atoms with E-state index in [0.717, 1.165) is 22.5 Å². The molecular formula is C21H18N4O. The van der Waals surface area contributed by atoms with Crippen LogP contribution in [0.15, 0.2) is 85.3 Å². The van der Waals surface area contributed by atoms with Crippen LogP contribution in [0.4, 0.5) is 5.69 Å². The predicted molar refractivity (Wildman–Crippen MR) is 101 cm³/mol. The van der Waals surface area contributed by atoms with Crippen LogP contribution in [-0.2, 0) is 4.79 Å². The van der Waals surface area contributed by atoms with Crippen molar-refractivity contribution in [3.05, 3.63) is 96.4 Å². The van der Waals surface area contributed by atoms with Crippen LogP contribution < -0.4 is 5.32 Å². The molecule has 0 bridgehead atoms. The normalized spacial score (nSPS) is 11.0. The number of fused-ring (bicyclic) bond motifs is 1. The van der Waals surface area contributed by atoms with Gasteiger partial charge in [-0.25, -0.2) is 0 Å². The molecule has 0 saturated heterocycles. The van der Waals surface area contributed by atoms with Gasteiger partial charge in [0, 0.05) is 18.5 Å². The van der Waals surface area contributed by atoms with Crippen LogP contribution in [0.3, 0.4) is 0 Å². The van der Waals surface area contributed by atoms with E-state index in [1.807, 2.05) is 54.7 Å². The van der Waals surface area contributed by atoms with E-state index < -0.39 is 0 Å². The van der Waals surface area contributed by atoms with Gasteiger partial charge in [-0.3, -0.25) is 9.20 Å². The molecule has 4 aromatic rings. The Balaban J connectivity index is 1.56. The number of carbonyl (C=O) groups is 1. The smallest absolute Gasteiger partial charge is 0.225 e.